The van der Waals surface area contributed by atoms with Crippen molar-refractivity contribution >= 4 is 5.91 Å². The van der Waals surface area contributed by atoms with Crippen LogP contribution in [-0.2, 0) is 4.79 Å². The van der Waals surface area contributed by atoms with Crippen molar-refractivity contribution in [2.75, 3.05) is 6.61 Å². The monoisotopic (exact) mass is 712 g/mol. The predicted octanol–water partition coefficient (Wildman–Crippen LogP) is 13.7. The summed E-state index contributed by atoms with van der Waals surface area (Å²) in [6, 6.07) is -0.650. The second kappa shape index (κ2) is 42.5. The normalized spacial score (nSPS) is 13.6. The molecule has 2 atom stereocenters. The summed E-state index contributed by atoms with van der Waals surface area (Å²) in [7, 11) is 0. The lowest BCUT2D eigenvalue weighted by atomic mass is 10.0. The Labute approximate surface area is 317 Å². The van der Waals surface area contributed by atoms with Gasteiger partial charge in [0, 0.05) is 6.42 Å². The number of amides is 1. The van der Waals surface area contributed by atoms with E-state index >= 15 is 0 Å². The smallest absolute Gasteiger partial charge is 0.220 e. The highest BCUT2D eigenvalue weighted by molar-refractivity contribution is 5.76. The van der Waals surface area contributed by atoms with Gasteiger partial charge in [-0.1, -0.05) is 203 Å². The number of unbranched alkanes of at least 4 members (excludes halogenated alkanes) is 24. The number of aliphatic hydroxyl groups is 2. The third-order valence-electron chi connectivity index (χ3n) is 9.73. The molecule has 0 aromatic rings. The highest BCUT2D eigenvalue weighted by atomic mass is 16.3. The third kappa shape index (κ3) is 39.1. The van der Waals surface area contributed by atoms with Crippen LogP contribution in [0.1, 0.15) is 213 Å². The second-order valence-electron chi connectivity index (χ2n) is 14.7. The molecule has 0 radical (unpaired) electrons. The van der Waals surface area contributed by atoms with Crippen molar-refractivity contribution in [1.82, 2.24) is 5.32 Å². The molecule has 0 rings (SSSR count). The SMILES string of the molecule is CC/C=C\C/C=C\C/C=C\CCCCCCCC(=O)NC(CO)C(O)/C=C/CC/C=C/CCCCCCCCCCCCCCCCCCCC. The molecule has 0 saturated heterocycles. The van der Waals surface area contributed by atoms with Gasteiger partial charge in [0.05, 0.1) is 18.8 Å². The van der Waals surface area contributed by atoms with Crippen molar-refractivity contribution in [3.63, 3.8) is 0 Å². The predicted molar refractivity (Wildman–Crippen MR) is 225 cm³/mol. The van der Waals surface area contributed by atoms with Crippen LogP contribution in [0.5, 0.6) is 0 Å². The van der Waals surface area contributed by atoms with Gasteiger partial charge in [-0.15, -0.1) is 0 Å². The van der Waals surface area contributed by atoms with Gasteiger partial charge in [0.1, 0.15) is 0 Å². The molecule has 4 heteroatoms. The number of carbonyl (C=O) groups is 1. The summed E-state index contributed by atoms with van der Waals surface area (Å²) in [5, 5.41) is 23.0. The van der Waals surface area contributed by atoms with Gasteiger partial charge in [-0.3, -0.25) is 4.79 Å². The molecule has 1 amide bonds. The van der Waals surface area contributed by atoms with E-state index in [9.17, 15) is 15.0 Å². The minimum absolute atomic E-state index is 0.0924. The van der Waals surface area contributed by atoms with Gasteiger partial charge in [0.2, 0.25) is 5.91 Å². The first-order valence-electron chi connectivity index (χ1n) is 22.0. The molecule has 51 heavy (non-hydrogen) atoms. The number of nitrogens with one attached hydrogen (secondary N) is 1. The summed E-state index contributed by atoms with van der Waals surface area (Å²) < 4.78 is 0. The summed E-state index contributed by atoms with van der Waals surface area (Å²) in [6.07, 6.45) is 59.1. The Hall–Kier alpha value is -1.91. The number of rotatable bonds is 39. The molecule has 0 aromatic heterocycles. The minimum atomic E-state index is -0.871. The van der Waals surface area contributed by atoms with E-state index in [1.54, 1.807) is 6.08 Å². The van der Waals surface area contributed by atoms with Crippen LogP contribution in [0.25, 0.3) is 0 Å². The van der Waals surface area contributed by atoms with Crippen LogP contribution in [0.15, 0.2) is 60.8 Å². The fourth-order valence-electron chi connectivity index (χ4n) is 6.38. The van der Waals surface area contributed by atoms with Gasteiger partial charge in [-0.25, -0.2) is 0 Å². The van der Waals surface area contributed by atoms with E-state index in [1.165, 1.54) is 128 Å². The first kappa shape index (κ1) is 49.1. The lowest BCUT2D eigenvalue weighted by molar-refractivity contribution is -0.123. The molecule has 0 bridgehead atoms. The molecule has 0 aliphatic rings. The Bertz CT molecular complexity index is 858. The van der Waals surface area contributed by atoms with Gasteiger partial charge in [0.25, 0.3) is 0 Å². The van der Waals surface area contributed by atoms with Crippen molar-refractivity contribution in [3.05, 3.63) is 60.8 Å². The van der Waals surface area contributed by atoms with E-state index in [2.05, 4.69) is 67.8 Å². The molecule has 0 aromatic carbocycles. The quantitative estimate of drug-likeness (QED) is 0.0439. The molecule has 0 aliphatic carbocycles. The maximum atomic E-state index is 12.3. The van der Waals surface area contributed by atoms with E-state index in [0.717, 1.165) is 64.2 Å². The van der Waals surface area contributed by atoms with Crippen LogP contribution < -0.4 is 5.32 Å². The van der Waals surface area contributed by atoms with Gasteiger partial charge < -0.3 is 15.5 Å². The largest absolute Gasteiger partial charge is 0.394 e. The molecular formula is C47H85NO3. The van der Waals surface area contributed by atoms with Crippen molar-refractivity contribution < 1.29 is 15.0 Å². The molecule has 3 N–H and O–H groups in total. The first-order valence-corrected chi connectivity index (χ1v) is 22.0. The van der Waals surface area contributed by atoms with Crippen LogP contribution in [0, 0.1) is 0 Å². The highest BCUT2D eigenvalue weighted by Gasteiger charge is 2.17. The van der Waals surface area contributed by atoms with Crippen molar-refractivity contribution in [3.8, 4) is 0 Å². The van der Waals surface area contributed by atoms with Crippen LogP contribution in [0.4, 0.5) is 0 Å². The van der Waals surface area contributed by atoms with E-state index < -0.39 is 12.1 Å². The molecule has 0 saturated carbocycles. The number of hydrogen-bond donors (Lipinski definition) is 3. The van der Waals surface area contributed by atoms with E-state index in [1.807, 2.05) is 6.08 Å². The maximum Gasteiger partial charge on any atom is 0.220 e. The number of carbonyl (C=O) groups excluding carboxylic acids is 1. The van der Waals surface area contributed by atoms with E-state index in [4.69, 9.17) is 0 Å². The summed E-state index contributed by atoms with van der Waals surface area (Å²) >= 11 is 0. The molecule has 2 unspecified atom stereocenters. The number of aliphatic hydroxyl groups excluding tert-OH is 2. The topological polar surface area (TPSA) is 69.6 Å². The van der Waals surface area contributed by atoms with E-state index in [-0.39, 0.29) is 12.5 Å². The molecule has 0 fully saturated rings. The maximum absolute atomic E-state index is 12.3. The standard InChI is InChI=1S/C47H85NO3/c1-3-5-7-9-11-13-15-17-19-20-21-22-23-24-25-26-27-29-30-32-34-36-38-40-42-46(50)45(44-49)48-47(51)43-41-39-37-35-33-31-28-18-16-14-12-10-8-6-4-2/h6,8,12,14,18,28,32,34,40,42,45-46,49-50H,3-5,7,9-11,13,15-17,19-27,29-31,33,35-39,41,43-44H2,1-2H3,(H,48,51)/b8-6-,14-12-,28-18-,34-32+,42-40+. The molecule has 0 heterocycles. The minimum Gasteiger partial charge on any atom is -0.394 e. The van der Waals surface area contributed by atoms with Gasteiger partial charge >= 0.3 is 0 Å². The van der Waals surface area contributed by atoms with E-state index in [0.29, 0.717) is 6.42 Å². The zero-order valence-electron chi connectivity index (χ0n) is 33.9. The summed E-state index contributed by atoms with van der Waals surface area (Å²) in [4.78, 5) is 12.3. The average molecular weight is 712 g/mol. The third-order valence-corrected chi connectivity index (χ3v) is 9.73. The molecular weight excluding hydrogens is 627 g/mol. The zero-order chi connectivity index (χ0) is 37.1. The molecule has 296 valence electrons. The number of allylic oxidation sites excluding steroid dienone is 9. The summed E-state index contributed by atoms with van der Waals surface area (Å²) in [6.45, 7) is 4.18. The number of hydrogen-bond acceptors (Lipinski definition) is 3. The average Bonchev–Trinajstić information content (AvgIpc) is 3.13. The van der Waals surface area contributed by atoms with Gasteiger partial charge in [0.15, 0.2) is 0 Å². The van der Waals surface area contributed by atoms with Crippen LogP contribution in [0.3, 0.4) is 0 Å². The molecule has 0 spiro atoms. The van der Waals surface area contributed by atoms with Crippen LogP contribution >= 0.6 is 0 Å². The Morgan fingerprint density at radius 2 is 0.882 bits per heavy atom. The van der Waals surface area contributed by atoms with Crippen LogP contribution in [0.2, 0.25) is 0 Å². The van der Waals surface area contributed by atoms with Crippen molar-refractivity contribution in [2.45, 2.75) is 225 Å². The Balaban J connectivity index is 3.62. The summed E-state index contributed by atoms with van der Waals surface area (Å²) in [5.74, 6) is -0.0924. The van der Waals surface area contributed by atoms with Crippen molar-refractivity contribution in [2.24, 2.45) is 0 Å². The summed E-state index contributed by atoms with van der Waals surface area (Å²) in [5.41, 5.74) is 0. The fourth-order valence-corrected chi connectivity index (χ4v) is 6.38. The Morgan fingerprint density at radius 1 is 0.490 bits per heavy atom. The Morgan fingerprint density at radius 3 is 1.37 bits per heavy atom. The Kier molecular flexibility index (Phi) is 40.9. The fraction of sp³-hybridized carbons (Fsp3) is 0.766. The van der Waals surface area contributed by atoms with Gasteiger partial charge in [-0.2, -0.15) is 0 Å². The molecule has 4 nitrogen and oxygen atoms in total. The lowest BCUT2D eigenvalue weighted by Crippen LogP contribution is -2.45. The highest BCUT2D eigenvalue weighted by Crippen LogP contribution is 2.15. The lowest BCUT2D eigenvalue weighted by Gasteiger charge is -2.19. The van der Waals surface area contributed by atoms with Gasteiger partial charge in [-0.05, 0) is 64.2 Å². The zero-order valence-corrected chi connectivity index (χ0v) is 33.9. The molecule has 0 aliphatic heterocycles. The van der Waals surface area contributed by atoms with Crippen LogP contribution in [-0.4, -0.2) is 34.9 Å². The van der Waals surface area contributed by atoms with Crippen molar-refractivity contribution in [1.29, 1.82) is 0 Å². The second-order valence-corrected chi connectivity index (χ2v) is 14.7. The first-order chi connectivity index (χ1) is 25.2.